The van der Waals surface area contributed by atoms with Gasteiger partial charge < -0.3 is 19.7 Å². The van der Waals surface area contributed by atoms with E-state index in [4.69, 9.17) is 9.47 Å². The second-order valence-corrected chi connectivity index (χ2v) is 6.94. The van der Waals surface area contributed by atoms with Gasteiger partial charge >= 0.3 is 6.18 Å². The van der Waals surface area contributed by atoms with Gasteiger partial charge in [0.05, 0.1) is 13.2 Å². The molecule has 1 atom stereocenters. The number of halogens is 3. The first-order chi connectivity index (χ1) is 13.4. The Morgan fingerprint density at radius 3 is 2.57 bits per heavy atom. The molecule has 9 heteroatoms. The van der Waals surface area contributed by atoms with Crippen molar-refractivity contribution in [1.29, 1.82) is 0 Å². The average molecular weight is 400 g/mol. The van der Waals surface area contributed by atoms with E-state index in [1.165, 1.54) is 11.8 Å². The number of rotatable bonds is 3. The van der Waals surface area contributed by atoms with E-state index < -0.39 is 12.2 Å². The summed E-state index contributed by atoms with van der Waals surface area (Å²) < 4.78 is 50.3. The van der Waals surface area contributed by atoms with Crippen LogP contribution in [0.25, 0.3) is 0 Å². The first-order valence-electron chi connectivity index (χ1n) is 9.54. The Hall–Kier alpha value is -2.16. The molecule has 0 spiro atoms. The van der Waals surface area contributed by atoms with Crippen LogP contribution in [0.1, 0.15) is 18.9 Å². The predicted molar refractivity (Wildman–Crippen MR) is 101 cm³/mol. The minimum Gasteiger partial charge on any atom is -0.490 e. The summed E-state index contributed by atoms with van der Waals surface area (Å²) in [4.78, 5) is 7.74. The summed E-state index contributed by atoms with van der Waals surface area (Å²) in [5, 5.41) is 3.30. The molecule has 1 saturated heterocycles. The number of aliphatic imine (C=N–C) groups is 1. The monoisotopic (exact) mass is 400 g/mol. The molecule has 0 aliphatic carbocycles. The van der Waals surface area contributed by atoms with Gasteiger partial charge in [0.15, 0.2) is 17.5 Å². The Balaban J connectivity index is 1.58. The van der Waals surface area contributed by atoms with Crippen LogP contribution in [0, 0.1) is 0 Å². The SMILES string of the molecule is CN=C(NCc1cccc2c1OCCCO2)N1CCN(C(C)C(F)(F)F)CC1. The molecule has 0 bridgehead atoms. The number of guanidine groups is 1. The number of fused-ring (bicyclic) bond motifs is 1. The zero-order chi connectivity index (χ0) is 20.1. The van der Waals surface area contributed by atoms with Gasteiger partial charge in [-0.1, -0.05) is 12.1 Å². The van der Waals surface area contributed by atoms with Gasteiger partial charge in [-0.3, -0.25) is 9.89 Å². The molecule has 0 amide bonds. The minimum atomic E-state index is -4.20. The first-order valence-corrected chi connectivity index (χ1v) is 9.54. The second-order valence-electron chi connectivity index (χ2n) is 6.94. The number of ether oxygens (including phenoxy) is 2. The van der Waals surface area contributed by atoms with Gasteiger partial charge in [-0.05, 0) is 13.0 Å². The Morgan fingerprint density at radius 2 is 1.89 bits per heavy atom. The van der Waals surface area contributed by atoms with Crippen molar-refractivity contribution in [2.45, 2.75) is 32.1 Å². The van der Waals surface area contributed by atoms with Gasteiger partial charge in [0.1, 0.15) is 6.04 Å². The molecule has 0 radical (unpaired) electrons. The molecule has 1 aromatic rings. The lowest BCUT2D eigenvalue weighted by molar-refractivity contribution is -0.181. The summed E-state index contributed by atoms with van der Waals surface area (Å²) in [5.41, 5.74) is 0.963. The fourth-order valence-corrected chi connectivity index (χ4v) is 3.43. The summed E-state index contributed by atoms with van der Waals surface area (Å²) in [5.74, 6) is 2.15. The second kappa shape index (κ2) is 8.89. The topological polar surface area (TPSA) is 49.3 Å². The number of piperazine rings is 1. The van der Waals surface area contributed by atoms with Crippen LogP contribution in [0.15, 0.2) is 23.2 Å². The van der Waals surface area contributed by atoms with Crippen molar-refractivity contribution in [1.82, 2.24) is 15.1 Å². The number of benzene rings is 1. The normalized spacial score (nSPS) is 19.9. The van der Waals surface area contributed by atoms with Gasteiger partial charge in [-0.25, -0.2) is 0 Å². The lowest BCUT2D eigenvalue weighted by Crippen LogP contribution is -2.56. The van der Waals surface area contributed by atoms with Gasteiger partial charge in [-0.2, -0.15) is 13.2 Å². The van der Waals surface area contributed by atoms with Crippen molar-refractivity contribution in [3.05, 3.63) is 23.8 Å². The van der Waals surface area contributed by atoms with Crippen molar-refractivity contribution >= 4 is 5.96 Å². The van der Waals surface area contributed by atoms with E-state index >= 15 is 0 Å². The summed E-state index contributed by atoms with van der Waals surface area (Å²) in [6.45, 7) is 4.63. The lowest BCUT2D eigenvalue weighted by atomic mass is 10.2. The Kier molecular flexibility index (Phi) is 6.53. The van der Waals surface area contributed by atoms with Gasteiger partial charge in [0, 0.05) is 51.8 Å². The van der Waals surface area contributed by atoms with Crippen LogP contribution < -0.4 is 14.8 Å². The van der Waals surface area contributed by atoms with E-state index in [-0.39, 0.29) is 0 Å². The molecule has 6 nitrogen and oxygen atoms in total. The van der Waals surface area contributed by atoms with Gasteiger partial charge in [0.2, 0.25) is 0 Å². The molecule has 1 aromatic carbocycles. The lowest BCUT2D eigenvalue weighted by Gasteiger charge is -2.39. The third-order valence-corrected chi connectivity index (χ3v) is 5.14. The molecule has 0 saturated carbocycles. The molecular weight excluding hydrogens is 373 g/mol. The number of nitrogens with one attached hydrogen (secondary N) is 1. The molecule has 1 unspecified atom stereocenters. The minimum absolute atomic E-state index is 0.346. The molecule has 3 rings (SSSR count). The van der Waals surface area contributed by atoms with Crippen LogP contribution in [-0.2, 0) is 6.54 Å². The van der Waals surface area contributed by atoms with E-state index in [0.717, 1.165) is 23.5 Å². The highest BCUT2D eigenvalue weighted by Gasteiger charge is 2.41. The van der Waals surface area contributed by atoms with Crippen LogP contribution >= 0.6 is 0 Å². The summed E-state index contributed by atoms with van der Waals surface area (Å²) in [7, 11) is 1.68. The average Bonchev–Trinajstić information content (AvgIpc) is 2.94. The molecule has 0 aromatic heterocycles. The number of hydrogen-bond acceptors (Lipinski definition) is 4. The maximum atomic E-state index is 12.9. The van der Waals surface area contributed by atoms with Crippen LogP contribution in [0.4, 0.5) is 13.2 Å². The van der Waals surface area contributed by atoms with E-state index in [9.17, 15) is 13.2 Å². The quantitative estimate of drug-likeness (QED) is 0.624. The predicted octanol–water partition coefficient (Wildman–Crippen LogP) is 2.49. The highest BCUT2D eigenvalue weighted by molar-refractivity contribution is 5.80. The first kappa shape index (κ1) is 20.6. The summed E-state index contributed by atoms with van der Waals surface area (Å²) in [6, 6.07) is 4.35. The van der Waals surface area contributed by atoms with Crippen molar-refractivity contribution in [2.75, 3.05) is 46.4 Å². The largest absolute Gasteiger partial charge is 0.490 e. The summed E-state index contributed by atoms with van der Waals surface area (Å²) >= 11 is 0. The molecule has 2 aliphatic rings. The zero-order valence-electron chi connectivity index (χ0n) is 16.3. The molecule has 1 fully saturated rings. The number of nitrogens with zero attached hydrogens (tertiary/aromatic N) is 3. The molecule has 2 aliphatic heterocycles. The third-order valence-electron chi connectivity index (χ3n) is 5.14. The van der Waals surface area contributed by atoms with Crippen LogP contribution in [0.2, 0.25) is 0 Å². The van der Waals surface area contributed by atoms with Crippen LogP contribution in [0.3, 0.4) is 0 Å². The smallest absolute Gasteiger partial charge is 0.403 e. The Morgan fingerprint density at radius 1 is 1.18 bits per heavy atom. The summed E-state index contributed by atoms with van der Waals surface area (Å²) in [6.07, 6.45) is -3.36. The molecule has 156 valence electrons. The number of alkyl halides is 3. The number of para-hydroxylation sites is 1. The van der Waals surface area contributed by atoms with Crippen molar-refractivity contribution < 1.29 is 22.6 Å². The Labute approximate surface area is 163 Å². The third kappa shape index (κ3) is 4.81. The van der Waals surface area contributed by atoms with Gasteiger partial charge in [0.25, 0.3) is 0 Å². The van der Waals surface area contributed by atoms with E-state index in [2.05, 4.69) is 10.3 Å². The van der Waals surface area contributed by atoms with E-state index in [1.54, 1.807) is 7.05 Å². The zero-order valence-corrected chi connectivity index (χ0v) is 16.3. The fourth-order valence-electron chi connectivity index (χ4n) is 3.43. The van der Waals surface area contributed by atoms with Crippen molar-refractivity contribution in [3.8, 4) is 11.5 Å². The highest BCUT2D eigenvalue weighted by atomic mass is 19.4. The van der Waals surface area contributed by atoms with Gasteiger partial charge in [-0.15, -0.1) is 0 Å². The van der Waals surface area contributed by atoms with E-state index in [1.807, 2.05) is 23.1 Å². The standard InChI is InChI=1S/C19H27F3N4O2/c1-14(19(20,21)22)25-7-9-26(10-8-25)18(23-2)24-13-15-5-3-6-16-17(15)28-12-4-11-27-16/h3,5-6,14H,4,7-13H2,1-2H3,(H,23,24). The fraction of sp³-hybridized carbons (Fsp3) is 0.632. The van der Waals surface area contributed by atoms with Crippen molar-refractivity contribution in [3.63, 3.8) is 0 Å². The number of hydrogen-bond donors (Lipinski definition) is 1. The maximum absolute atomic E-state index is 12.9. The van der Waals surface area contributed by atoms with E-state index in [0.29, 0.717) is 51.9 Å². The highest BCUT2D eigenvalue weighted by Crippen LogP contribution is 2.33. The van der Waals surface area contributed by atoms with Crippen LogP contribution in [-0.4, -0.2) is 74.4 Å². The Bertz CT molecular complexity index is 688. The van der Waals surface area contributed by atoms with Crippen molar-refractivity contribution in [2.24, 2.45) is 4.99 Å². The molecule has 1 N–H and O–H groups in total. The molecule has 28 heavy (non-hydrogen) atoms. The molecule has 2 heterocycles. The molecular formula is C19H27F3N4O2. The van der Waals surface area contributed by atoms with Crippen LogP contribution in [0.5, 0.6) is 11.5 Å². The maximum Gasteiger partial charge on any atom is 0.403 e.